The van der Waals surface area contributed by atoms with Crippen molar-refractivity contribution in [1.82, 2.24) is 4.90 Å². The first-order valence-electron chi connectivity index (χ1n) is 9.78. The van der Waals surface area contributed by atoms with Gasteiger partial charge in [-0.25, -0.2) is 0 Å². The fourth-order valence-corrected chi connectivity index (χ4v) is 4.64. The smallest absolute Gasteiger partial charge is 0.233 e. The average molecular weight is 351 g/mol. The molecular weight excluding hydrogens is 326 g/mol. The molecular formula is C22H25NO3. The van der Waals surface area contributed by atoms with E-state index < -0.39 is 0 Å². The van der Waals surface area contributed by atoms with Crippen LogP contribution in [0.3, 0.4) is 0 Å². The van der Waals surface area contributed by atoms with Gasteiger partial charge in [-0.15, -0.1) is 0 Å². The Labute approximate surface area is 154 Å². The summed E-state index contributed by atoms with van der Waals surface area (Å²) in [4.78, 5) is 38.8. The van der Waals surface area contributed by atoms with Gasteiger partial charge in [-0.2, -0.15) is 0 Å². The summed E-state index contributed by atoms with van der Waals surface area (Å²) in [5.74, 6) is -0.463. The Bertz CT molecular complexity index is 717. The predicted octanol–water partition coefficient (Wildman–Crippen LogP) is 3.87. The third-order valence-electron chi connectivity index (χ3n) is 6.21. The zero-order valence-electron chi connectivity index (χ0n) is 15.0. The molecule has 3 aliphatic rings. The molecule has 0 spiro atoms. The zero-order valence-corrected chi connectivity index (χ0v) is 15.0. The lowest BCUT2D eigenvalue weighted by Gasteiger charge is -2.22. The van der Waals surface area contributed by atoms with Gasteiger partial charge < -0.3 is 0 Å². The Balaban J connectivity index is 1.43. The van der Waals surface area contributed by atoms with E-state index in [1.54, 1.807) is 0 Å². The number of hydrogen-bond acceptors (Lipinski definition) is 3. The van der Waals surface area contributed by atoms with Gasteiger partial charge in [-0.05, 0) is 37.2 Å². The minimum absolute atomic E-state index is 0.132. The molecule has 4 nitrogen and oxygen atoms in total. The molecule has 1 aromatic carbocycles. The van der Waals surface area contributed by atoms with E-state index in [2.05, 4.69) is 0 Å². The molecule has 26 heavy (non-hydrogen) atoms. The number of allylic oxidation sites excluding steroid dienone is 2. The number of benzene rings is 1. The number of rotatable bonds is 4. The van der Waals surface area contributed by atoms with Crippen molar-refractivity contribution in [3.8, 4) is 0 Å². The largest absolute Gasteiger partial charge is 0.292 e. The third-order valence-corrected chi connectivity index (χ3v) is 6.21. The molecule has 1 saturated heterocycles. The van der Waals surface area contributed by atoms with Crippen molar-refractivity contribution in [1.29, 1.82) is 0 Å². The van der Waals surface area contributed by atoms with E-state index in [-0.39, 0.29) is 36.0 Å². The van der Waals surface area contributed by atoms with Gasteiger partial charge in [-0.3, -0.25) is 19.3 Å². The fraction of sp³-hybridized carbons (Fsp3) is 0.500. The van der Waals surface area contributed by atoms with Gasteiger partial charge in [0.1, 0.15) is 0 Å². The number of hydrogen-bond donors (Lipinski definition) is 0. The van der Waals surface area contributed by atoms with E-state index >= 15 is 0 Å². The van der Waals surface area contributed by atoms with Gasteiger partial charge in [0.05, 0.1) is 18.4 Å². The van der Waals surface area contributed by atoms with Gasteiger partial charge in [-0.1, -0.05) is 55.7 Å². The normalized spacial score (nSPS) is 26.2. The number of imide groups is 1. The molecule has 1 saturated carbocycles. The number of amides is 2. The van der Waals surface area contributed by atoms with Crippen molar-refractivity contribution < 1.29 is 14.4 Å². The molecule has 2 amide bonds. The van der Waals surface area contributed by atoms with Crippen LogP contribution in [0.25, 0.3) is 0 Å². The number of Topliss-reactive ketones (excluding diaryl/α,β-unsaturated/α-hetero) is 1. The molecule has 1 aliphatic heterocycles. The second-order valence-corrected chi connectivity index (χ2v) is 7.80. The van der Waals surface area contributed by atoms with Crippen LogP contribution in [0.4, 0.5) is 0 Å². The maximum atomic E-state index is 12.6. The van der Waals surface area contributed by atoms with Crippen molar-refractivity contribution >= 4 is 17.6 Å². The number of nitrogens with zero attached hydrogens (tertiary/aromatic N) is 1. The van der Waals surface area contributed by atoms with Gasteiger partial charge >= 0.3 is 0 Å². The van der Waals surface area contributed by atoms with Crippen LogP contribution >= 0.6 is 0 Å². The standard InChI is InChI=1S/C22H25NO3/c24-20(14-23-21(25)18-8-4-5-9-19(18)22(23)26)17-12-10-16(11-13-17)15-6-2-1-3-7-15/h4-5,10-13,15,18-19H,1-3,6-9,14H2/t18-,19-/m0/s1. The summed E-state index contributed by atoms with van der Waals surface area (Å²) < 4.78 is 0. The van der Waals surface area contributed by atoms with Gasteiger partial charge in [0.25, 0.3) is 0 Å². The van der Waals surface area contributed by atoms with Crippen LogP contribution < -0.4 is 0 Å². The summed E-state index contributed by atoms with van der Waals surface area (Å²) in [5.41, 5.74) is 1.88. The van der Waals surface area contributed by atoms with Crippen molar-refractivity contribution in [2.75, 3.05) is 6.54 Å². The second kappa shape index (κ2) is 7.18. The lowest BCUT2D eigenvalue weighted by atomic mass is 9.84. The fourth-order valence-electron chi connectivity index (χ4n) is 4.64. The first kappa shape index (κ1) is 17.2. The summed E-state index contributed by atoms with van der Waals surface area (Å²) in [5, 5.41) is 0. The van der Waals surface area contributed by atoms with Gasteiger partial charge in [0, 0.05) is 5.56 Å². The summed E-state index contributed by atoms with van der Waals surface area (Å²) in [6.45, 7) is -0.132. The molecule has 0 N–H and O–H groups in total. The molecule has 1 heterocycles. The van der Waals surface area contributed by atoms with Crippen LogP contribution in [0.15, 0.2) is 36.4 Å². The molecule has 2 fully saturated rings. The predicted molar refractivity (Wildman–Crippen MR) is 98.7 cm³/mol. The molecule has 4 heteroatoms. The van der Waals surface area contributed by atoms with Crippen molar-refractivity contribution in [3.05, 3.63) is 47.5 Å². The van der Waals surface area contributed by atoms with Crippen LogP contribution in [0.2, 0.25) is 0 Å². The molecule has 0 aromatic heterocycles. The van der Waals surface area contributed by atoms with E-state index in [1.807, 2.05) is 36.4 Å². The van der Waals surface area contributed by atoms with E-state index in [1.165, 1.54) is 42.6 Å². The monoisotopic (exact) mass is 351 g/mol. The first-order chi connectivity index (χ1) is 12.6. The summed E-state index contributed by atoms with van der Waals surface area (Å²) in [6, 6.07) is 7.79. The minimum Gasteiger partial charge on any atom is -0.292 e. The molecule has 136 valence electrons. The highest BCUT2D eigenvalue weighted by Crippen LogP contribution is 2.35. The highest BCUT2D eigenvalue weighted by molar-refractivity contribution is 6.10. The van der Waals surface area contributed by atoms with E-state index in [4.69, 9.17) is 0 Å². The molecule has 0 radical (unpaired) electrons. The lowest BCUT2D eigenvalue weighted by molar-refractivity contribution is -0.139. The summed E-state index contributed by atoms with van der Waals surface area (Å²) in [7, 11) is 0. The maximum Gasteiger partial charge on any atom is 0.233 e. The van der Waals surface area contributed by atoms with Crippen molar-refractivity contribution in [3.63, 3.8) is 0 Å². The Morgan fingerprint density at radius 2 is 1.46 bits per heavy atom. The van der Waals surface area contributed by atoms with Crippen LogP contribution in [0, 0.1) is 11.8 Å². The van der Waals surface area contributed by atoms with Crippen LogP contribution in [-0.2, 0) is 9.59 Å². The van der Waals surface area contributed by atoms with Crippen LogP contribution in [-0.4, -0.2) is 29.0 Å². The van der Waals surface area contributed by atoms with E-state index in [0.29, 0.717) is 24.3 Å². The molecule has 1 aromatic rings. The third kappa shape index (κ3) is 3.13. The van der Waals surface area contributed by atoms with Crippen LogP contribution in [0.1, 0.15) is 66.8 Å². The lowest BCUT2D eigenvalue weighted by Crippen LogP contribution is -2.36. The first-order valence-corrected chi connectivity index (χ1v) is 9.78. The summed E-state index contributed by atoms with van der Waals surface area (Å²) in [6.07, 6.45) is 11.5. The minimum atomic E-state index is -0.269. The highest BCUT2D eigenvalue weighted by Gasteiger charge is 2.47. The van der Waals surface area contributed by atoms with E-state index in [0.717, 1.165) is 0 Å². The van der Waals surface area contributed by atoms with Crippen molar-refractivity contribution in [2.45, 2.75) is 50.9 Å². The Morgan fingerprint density at radius 1 is 0.885 bits per heavy atom. The zero-order chi connectivity index (χ0) is 18.1. The molecule has 4 rings (SSSR count). The van der Waals surface area contributed by atoms with Gasteiger partial charge in [0.15, 0.2) is 5.78 Å². The SMILES string of the molecule is O=C(CN1C(=O)[C@H]2CC=CC[C@@H]2C1=O)c1ccc(C2CCCCC2)cc1. The van der Waals surface area contributed by atoms with Crippen LogP contribution in [0.5, 0.6) is 0 Å². The number of likely N-dealkylation sites (tertiary alicyclic amines) is 1. The molecule has 2 atom stereocenters. The highest BCUT2D eigenvalue weighted by atomic mass is 16.2. The maximum absolute atomic E-state index is 12.6. The number of fused-ring (bicyclic) bond motifs is 1. The quantitative estimate of drug-likeness (QED) is 0.470. The Hall–Kier alpha value is -2.23. The number of carbonyl (C=O) groups is 3. The second-order valence-electron chi connectivity index (χ2n) is 7.80. The topological polar surface area (TPSA) is 54.5 Å². The molecule has 0 bridgehead atoms. The van der Waals surface area contributed by atoms with Gasteiger partial charge in [0.2, 0.25) is 11.8 Å². The summed E-state index contributed by atoms with van der Waals surface area (Å²) >= 11 is 0. The Morgan fingerprint density at radius 3 is 2.04 bits per heavy atom. The molecule has 2 aliphatic carbocycles. The Kier molecular flexibility index (Phi) is 4.75. The molecule has 0 unspecified atom stereocenters. The van der Waals surface area contributed by atoms with E-state index in [9.17, 15) is 14.4 Å². The number of carbonyl (C=O) groups excluding carboxylic acids is 3. The van der Waals surface area contributed by atoms with Crippen molar-refractivity contribution in [2.24, 2.45) is 11.8 Å². The number of ketones is 1. The average Bonchev–Trinajstić information content (AvgIpc) is 2.94.